The van der Waals surface area contributed by atoms with E-state index < -0.39 is 11.8 Å². The maximum Gasteiger partial charge on any atom is 0.329 e. The number of carbonyl (C=O) groups excluding carboxylic acids is 2. The molecule has 0 spiro atoms. The molecule has 0 aliphatic rings. The molecule has 0 fully saturated rings. The Morgan fingerprint density at radius 2 is 1.84 bits per heavy atom. The van der Waals surface area contributed by atoms with Gasteiger partial charge in [0.1, 0.15) is 12.4 Å². The summed E-state index contributed by atoms with van der Waals surface area (Å²) in [5, 5.41) is 6.86. The van der Waals surface area contributed by atoms with Crippen molar-refractivity contribution in [2.24, 2.45) is 5.10 Å². The minimum Gasteiger partial charge on any atom is -0.490 e. The first kappa shape index (κ1) is 22.8. The lowest BCUT2D eigenvalue weighted by atomic mass is 10.2. The van der Waals surface area contributed by atoms with Crippen molar-refractivity contribution < 1.29 is 19.1 Å². The first-order chi connectivity index (χ1) is 15.5. The molecule has 3 rings (SSSR count). The minimum absolute atomic E-state index is 0.271. The molecule has 0 aliphatic carbocycles. The largest absolute Gasteiger partial charge is 0.490 e. The van der Waals surface area contributed by atoms with Gasteiger partial charge in [-0.25, -0.2) is 10.4 Å². The van der Waals surface area contributed by atoms with Crippen LogP contribution in [0, 0.1) is 0 Å². The van der Waals surface area contributed by atoms with Gasteiger partial charge in [-0.05, 0) is 60.5 Å². The first-order valence-corrected chi connectivity index (χ1v) is 10.1. The number of hydrazone groups is 1. The Morgan fingerprint density at radius 1 is 1.03 bits per heavy atom. The third-order valence-electron chi connectivity index (χ3n) is 4.07. The lowest BCUT2D eigenvalue weighted by Crippen LogP contribution is -2.32. The number of ether oxygens (including phenoxy) is 2. The van der Waals surface area contributed by atoms with Crippen molar-refractivity contribution in [2.45, 2.75) is 13.5 Å². The number of halogens is 1. The van der Waals surface area contributed by atoms with E-state index in [9.17, 15) is 9.59 Å². The molecule has 32 heavy (non-hydrogen) atoms. The molecule has 0 saturated carbocycles. The van der Waals surface area contributed by atoms with Gasteiger partial charge in [-0.15, -0.1) is 0 Å². The van der Waals surface area contributed by atoms with Crippen molar-refractivity contribution in [3.63, 3.8) is 0 Å². The third-order valence-corrected chi connectivity index (χ3v) is 4.32. The van der Waals surface area contributed by atoms with E-state index in [2.05, 4.69) is 20.8 Å². The molecule has 0 atom stereocenters. The van der Waals surface area contributed by atoms with E-state index in [1.807, 2.05) is 19.1 Å². The van der Waals surface area contributed by atoms with Crippen LogP contribution < -0.4 is 20.2 Å². The minimum atomic E-state index is -0.917. The Balaban J connectivity index is 1.59. The maximum atomic E-state index is 11.9. The number of hydrogen-bond acceptors (Lipinski definition) is 6. The SMILES string of the molecule is CCOc1cc(/C=N/NC(=O)C(=O)Nc2ccccn2)ccc1OCc1ccc(Cl)cc1. The number of hydrogen-bond donors (Lipinski definition) is 2. The molecule has 9 heteroatoms. The van der Waals surface area contributed by atoms with Gasteiger partial charge in [0.05, 0.1) is 12.8 Å². The van der Waals surface area contributed by atoms with Crippen LogP contribution in [0.4, 0.5) is 5.82 Å². The van der Waals surface area contributed by atoms with Crippen molar-refractivity contribution in [1.82, 2.24) is 10.4 Å². The Bertz CT molecular complexity index is 1090. The molecule has 2 aromatic carbocycles. The van der Waals surface area contributed by atoms with Gasteiger partial charge in [0, 0.05) is 11.2 Å². The number of pyridine rings is 1. The normalized spacial score (nSPS) is 10.6. The molecular formula is C23H21ClN4O4. The molecule has 1 heterocycles. The van der Waals surface area contributed by atoms with Crippen molar-refractivity contribution in [1.29, 1.82) is 0 Å². The van der Waals surface area contributed by atoms with Crippen LogP contribution >= 0.6 is 11.6 Å². The van der Waals surface area contributed by atoms with Gasteiger partial charge >= 0.3 is 11.8 Å². The standard InChI is InChI=1S/C23H21ClN4O4/c1-2-31-20-13-17(8-11-19(20)32-15-16-6-9-18(24)10-7-16)14-26-28-23(30)22(29)27-21-5-3-4-12-25-21/h3-14H,2,15H2,1H3,(H,28,30)(H,25,27,29)/b26-14+. The monoisotopic (exact) mass is 452 g/mol. The zero-order chi connectivity index (χ0) is 22.8. The summed E-state index contributed by atoms with van der Waals surface area (Å²) in [5.41, 5.74) is 3.79. The van der Waals surface area contributed by atoms with Crippen molar-refractivity contribution in [3.05, 3.63) is 83.0 Å². The highest BCUT2D eigenvalue weighted by atomic mass is 35.5. The average Bonchev–Trinajstić information content (AvgIpc) is 2.80. The van der Waals surface area contributed by atoms with Crippen LogP contribution in [0.2, 0.25) is 5.02 Å². The molecule has 0 radical (unpaired) electrons. The highest BCUT2D eigenvalue weighted by Gasteiger charge is 2.13. The molecule has 3 aromatic rings. The molecule has 164 valence electrons. The smallest absolute Gasteiger partial charge is 0.329 e. The van der Waals surface area contributed by atoms with E-state index in [4.69, 9.17) is 21.1 Å². The van der Waals surface area contributed by atoms with Gasteiger partial charge < -0.3 is 14.8 Å². The summed E-state index contributed by atoms with van der Waals surface area (Å²) in [6.07, 6.45) is 2.90. The van der Waals surface area contributed by atoms with Crippen LogP contribution in [0.15, 0.2) is 72.0 Å². The Kier molecular flexibility index (Phi) is 8.16. The lowest BCUT2D eigenvalue weighted by molar-refractivity contribution is -0.136. The van der Waals surface area contributed by atoms with Crippen LogP contribution in [-0.4, -0.2) is 29.6 Å². The van der Waals surface area contributed by atoms with Crippen LogP contribution in [0.25, 0.3) is 0 Å². The van der Waals surface area contributed by atoms with Gasteiger partial charge in [-0.1, -0.05) is 29.8 Å². The summed E-state index contributed by atoms with van der Waals surface area (Å²) >= 11 is 5.90. The van der Waals surface area contributed by atoms with Gasteiger partial charge in [-0.3, -0.25) is 9.59 Å². The summed E-state index contributed by atoms with van der Waals surface area (Å²) in [6, 6.07) is 17.6. The van der Waals surface area contributed by atoms with Crippen molar-refractivity contribution in [2.75, 3.05) is 11.9 Å². The van der Waals surface area contributed by atoms with Gasteiger partial charge in [0.25, 0.3) is 0 Å². The fraction of sp³-hybridized carbons (Fsp3) is 0.130. The third kappa shape index (κ3) is 6.82. The van der Waals surface area contributed by atoms with E-state index in [1.165, 1.54) is 12.4 Å². The Hall–Kier alpha value is -3.91. The van der Waals surface area contributed by atoms with Crippen molar-refractivity contribution >= 4 is 35.4 Å². The molecule has 0 unspecified atom stereocenters. The first-order valence-electron chi connectivity index (χ1n) is 9.74. The number of nitrogens with zero attached hydrogens (tertiary/aromatic N) is 2. The highest BCUT2D eigenvalue weighted by Crippen LogP contribution is 2.29. The predicted octanol–water partition coefficient (Wildman–Crippen LogP) is 3.80. The van der Waals surface area contributed by atoms with E-state index in [-0.39, 0.29) is 5.82 Å². The summed E-state index contributed by atoms with van der Waals surface area (Å²) < 4.78 is 11.5. The predicted molar refractivity (Wildman–Crippen MR) is 122 cm³/mol. The maximum absolute atomic E-state index is 11.9. The second-order valence-corrected chi connectivity index (χ2v) is 6.86. The van der Waals surface area contributed by atoms with Crippen LogP contribution in [0.1, 0.15) is 18.1 Å². The number of aromatic nitrogens is 1. The quantitative estimate of drug-likeness (QED) is 0.307. The molecule has 0 aliphatic heterocycles. The number of carbonyl (C=O) groups is 2. The number of rotatable bonds is 8. The summed E-state index contributed by atoms with van der Waals surface area (Å²) in [5.74, 6) is -0.420. The summed E-state index contributed by atoms with van der Waals surface area (Å²) in [4.78, 5) is 27.7. The Morgan fingerprint density at radius 3 is 2.56 bits per heavy atom. The fourth-order valence-corrected chi connectivity index (χ4v) is 2.69. The molecule has 0 bridgehead atoms. The second kappa shape index (κ2) is 11.5. The van der Waals surface area contributed by atoms with Gasteiger partial charge in [-0.2, -0.15) is 5.10 Å². The molecule has 0 saturated heterocycles. The van der Waals surface area contributed by atoms with Crippen LogP contribution in [0.5, 0.6) is 11.5 Å². The summed E-state index contributed by atoms with van der Waals surface area (Å²) in [6.45, 7) is 2.67. The number of amides is 2. The van der Waals surface area contributed by atoms with Crippen LogP contribution in [-0.2, 0) is 16.2 Å². The van der Waals surface area contributed by atoms with E-state index >= 15 is 0 Å². The zero-order valence-electron chi connectivity index (χ0n) is 17.2. The number of benzene rings is 2. The highest BCUT2D eigenvalue weighted by molar-refractivity contribution is 6.39. The molecule has 1 aromatic heterocycles. The fourth-order valence-electron chi connectivity index (χ4n) is 2.56. The Labute approximate surface area is 190 Å². The van der Waals surface area contributed by atoms with E-state index in [0.29, 0.717) is 35.3 Å². The molecule has 8 nitrogen and oxygen atoms in total. The van der Waals surface area contributed by atoms with Gasteiger partial charge in [0.2, 0.25) is 0 Å². The molecule has 2 N–H and O–H groups in total. The summed E-state index contributed by atoms with van der Waals surface area (Å²) in [7, 11) is 0. The van der Waals surface area contributed by atoms with Gasteiger partial charge in [0.15, 0.2) is 11.5 Å². The number of anilines is 1. The zero-order valence-corrected chi connectivity index (χ0v) is 18.0. The second-order valence-electron chi connectivity index (χ2n) is 6.42. The van der Waals surface area contributed by atoms with Crippen molar-refractivity contribution in [3.8, 4) is 11.5 Å². The average molecular weight is 453 g/mol. The molecule has 2 amide bonds. The van der Waals surface area contributed by atoms with Crippen LogP contribution in [0.3, 0.4) is 0 Å². The molecular weight excluding hydrogens is 432 g/mol. The van der Waals surface area contributed by atoms with E-state index in [1.54, 1.807) is 48.5 Å². The van der Waals surface area contributed by atoms with E-state index in [0.717, 1.165) is 5.56 Å². The lowest BCUT2D eigenvalue weighted by Gasteiger charge is -2.12. The topological polar surface area (TPSA) is 102 Å². The number of nitrogens with one attached hydrogen (secondary N) is 2.